The van der Waals surface area contributed by atoms with Crippen LogP contribution in [0.25, 0.3) is 0 Å². The van der Waals surface area contributed by atoms with E-state index >= 15 is 0 Å². The van der Waals surface area contributed by atoms with Crippen molar-refractivity contribution in [1.82, 2.24) is 5.32 Å². The Hall–Kier alpha value is -1.22. The largest absolute Gasteiger partial charge is 0.399 e. The van der Waals surface area contributed by atoms with E-state index in [9.17, 15) is 4.79 Å². The normalized spacial score (nSPS) is 11.2. The third-order valence-electron chi connectivity index (χ3n) is 1.73. The molecule has 0 atom stereocenters. The minimum atomic E-state index is -0.276. The van der Waals surface area contributed by atoms with Crippen molar-refractivity contribution >= 4 is 23.2 Å². The van der Waals surface area contributed by atoms with Gasteiger partial charge in [-0.3, -0.25) is 4.79 Å². The first-order chi connectivity index (χ1) is 6.79. The molecule has 0 aliphatic carbocycles. The van der Waals surface area contributed by atoms with Gasteiger partial charge in [0.1, 0.15) is 0 Å². The van der Waals surface area contributed by atoms with Crippen molar-refractivity contribution < 1.29 is 4.79 Å². The first-order valence-electron chi connectivity index (χ1n) is 4.67. The number of rotatable bonds is 1. The smallest absolute Gasteiger partial charge is 0.253 e. The quantitative estimate of drug-likeness (QED) is 0.723. The van der Waals surface area contributed by atoms with Crippen molar-refractivity contribution in [1.29, 1.82) is 0 Å². The lowest BCUT2D eigenvalue weighted by Gasteiger charge is -2.20. The van der Waals surface area contributed by atoms with E-state index in [0.29, 0.717) is 16.3 Å². The lowest BCUT2D eigenvalue weighted by molar-refractivity contribution is 0.0920. The average molecular weight is 227 g/mol. The molecule has 0 unspecified atom stereocenters. The minimum absolute atomic E-state index is 0.187. The number of carbonyl (C=O) groups excluding carboxylic acids is 1. The third-order valence-corrected chi connectivity index (χ3v) is 2.04. The second-order valence-electron chi connectivity index (χ2n) is 4.44. The molecule has 0 aliphatic rings. The van der Waals surface area contributed by atoms with Crippen LogP contribution in [0.1, 0.15) is 31.1 Å². The fraction of sp³-hybridized carbons (Fsp3) is 0.364. The summed E-state index contributed by atoms with van der Waals surface area (Å²) in [5.74, 6) is -0.187. The highest BCUT2D eigenvalue weighted by atomic mass is 35.5. The molecule has 0 saturated carbocycles. The standard InChI is InChI=1S/C11H15ClN2O/c1-11(2,3)14-10(15)8-5-4-7(13)6-9(8)12/h4-6H,13H2,1-3H3,(H,14,15). The van der Waals surface area contributed by atoms with E-state index in [1.165, 1.54) is 0 Å². The number of nitrogens with one attached hydrogen (secondary N) is 1. The Bertz CT molecular complexity index is 383. The number of hydrogen-bond acceptors (Lipinski definition) is 2. The zero-order valence-electron chi connectivity index (χ0n) is 9.10. The van der Waals surface area contributed by atoms with Crippen molar-refractivity contribution in [2.45, 2.75) is 26.3 Å². The van der Waals surface area contributed by atoms with Gasteiger partial charge in [0.2, 0.25) is 0 Å². The molecule has 0 heterocycles. The van der Waals surface area contributed by atoms with Crippen LogP contribution in [0.3, 0.4) is 0 Å². The summed E-state index contributed by atoms with van der Waals surface area (Å²) in [6.07, 6.45) is 0. The molecule has 3 N–H and O–H groups in total. The number of anilines is 1. The highest BCUT2D eigenvalue weighted by Gasteiger charge is 2.17. The number of nitrogen functional groups attached to an aromatic ring is 1. The fourth-order valence-electron chi connectivity index (χ4n) is 1.12. The number of benzene rings is 1. The first kappa shape index (κ1) is 11.9. The minimum Gasteiger partial charge on any atom is -0.399 e. The van der Waals surface area contributed by atoms with Gasteiger partial charge in [0, 0.05) is 11.2 Å². The summed E-state index contributed by atoms with van der Waals surface area (Å²) in [6.45, 7) is 5.74. The summed E-state index contributed by atoms with van der Waals surface area (Å²) < 4.78 is 0. The van der Waals surface area contributed by atoms with Crippen LogP contribution in [-0.4, -0.2) is 11.4 Å². The molecular weight excluding hydrogens is 212 g/mol. The van der Waals surface area contributed by atoms with Gasteiger partial charge >= 0.3 is 0 Å². The number of carbonyl (C=O) groups is 1. The van der Waals surface area contributed by atoms with Gasteiger partial charge in [0.15, 0.2) is 0 Å². The summed E-state index contributed by atoms with van der Waals surface area (Å²) in [5, 5.41) is 3.20. The first-order valence-corrected chi connectivity index (χ1v) is 5.05. The van der Waals surface area contributed by atoms with Crippen molar-refractivity contribution in [3.63, 3.8) is 0 Å². The van der Waals surface area contributed by atoms with Crippen molar-refractivity contribution in [3.8, 4) is 0 Å². The Morgan fingerprint density at radius 2 is 2.00 bits per heavy atom. The number of amides is 1. The number of halogens is 1. The molecule has 0 spiro atoms. The molecule has 82 valence electrons. The van der Waals surface area contributed by atoms with Crippen LogP contribution in [0.15, 0.2) is 18.2 Å². The van der Waals surface area contributed by atoms with Gasteiger partial charge < -0.3 is 11.1 Å². The van der Waals surface area contributed by atoms with E-state index in [2.05, 4.69) is 5.32 Å². The van der Waals surface area contributed by atoms with Crippen molar-refractivity contribution in [2.24, 2.45) is 0 Å². The summed E-state index contributed by atoms with van der Waals surface area (Å²) in [5.41, 5.74) is 6.26. The topological polar surface area (TPSA) is 55.1 Å². The molecule has 0 aromatic heterocycles. The maximum Gasteiger partial charge on any atom is 0.253 e. The molecule has 1 amide bonds. The lowest BCUT2D eigenvalue weighted by Crippen LogP contribution is -2.40. The fourth-order valence-corrected chi connectivity index (χ4v) is 1.40. The van der Waals surface area contributed by atoms with Crippen LogP contribution >= 0.6 is 11.6 Å². The van der Waals surface area contributed by atoms with E-state index in [-0.39, 0.29) is 11.4 Å². The molecule has 1 aromatic rings. The predicted molar refractivity (Wildman–Crippen MR) is 63.1 cm³/mol. The van der Waals surface area contributed by atoms with Crippen LogP contribution in [0.4, 0.5) is 5.69 Å². The Balaban J connectivity index is 2.92. The van der Waals surface area contributed by atoms with Crippen LogP contribution in [0.2, 0.25) is 5.02 Å². The second-order valence-corrected chi connectivity index (χ2v) is 4.85. The zero-order valence-corrected chi connectivity index (χ0v) is 9.85. The van der Waals surface area contributed by atoms with Crippen LogP contribution in [0.5, 0.6) is 0 Å². The van der Waals surface area contributed by atoms with E-state index in [4.69, 9.17) is 17.3 Å². The van der Waals surface area contributed by atoms with Gasteiger partial charge in [-0.15, -0.1) is 0 Å². The van der Waals surface area contributed by atoms with Gasteiger partial charge in [0.05, 0.1) is 10.6 Å². The Kier molecular flexibility index (Phi) is 3.25. The molecule has 0 saturated heterocycles. The van der Waals surface area contributed by atoms with Gasteiger partial charge in [-0.05, 0) is 39.0 Å². The molecular formula is C11H15ClN2O. The summed E-state index contributed by atoms with van der Waals surface area (Å²) in [4.78, 5) is 11.8. The van der Waals surface area contributed by atoms with Gasteiger partial charge in [-0.25, -0.2) is 0 Å². The molecule has 3 nitrogen and oxygen atoms in total. The van der Waals surface area contributed by atoms with Gasteiger partial charge in [-0.2, -0.15) is 0 Å². The maximum absolute atomic E-state index is 11.8. The molecule has 1 rings (SSSR count). The molecule has 1 aromatic carbocycles. The van der Waals surface area contributed by atoms with Gasteiger partial charge in [0.25, 0.3) is 5.91 Å². The van der Waals surface area contributed by atoms with Gasteiger partial charge in [-0.1, -0.05) is 11.6 Å². The Morgan fingerprint density at radius 3 is 2.47 bits per heavy atom. The van der Waals surface area contributed by atoms with Crippen LogP contribution < -0.4 is 11.1 Å². The van der Waals surface area contributed by atoms with Crippen LogP contribution in [0, 0.1) is 0 Å². The number of nitrogens with two attached hydrogens (primary N) is 1. The SMILES string of the molecule is CC(C)(C)NC(=O)c1ccc(N)cc1Cl. The second kappa shape index (κ2) is 4.11. The lowest BCUT2D eigenvalue weighted by atomic mass is 10.1. The molecule has 0 fully saturated rings. The molecule has 0 radical (unpaired) electrons. The molecule has 0 bridgehead atoms. The molecule has 15 heavy (non-hydrogen) atoms. The highest BCUT2D eigenvalue weighted by molar-refractivity contribution is 6.34. The summed E-state index contributed by atoms with van der Waals surface area (Å²) in [6, 6.07) is 4.85. The molecule has 0 aliphatic heterocycles. The number of hydrogen-bond donors (Lipinski definition) is 2. The summed E-state index contributed by atoms with van der Waals surface area (Å²) >= 11 is 5.91. The van der Waals surface area contributed by atoms with Crippen molar-refractivity contribution in [3.05, 3.63) is 28.8 Å². The monoisotopic (exact) mass is 226 g/mol. The Morgan fingerprint density at radius 1 is 1.40 bits per heavy atom. The van der Waals surface area contributed by atoms with E-state index in [0.717, 1.165) is 0 Å². The summed E-state index contributed by atoms with van der Waals surface area (Å²) in [7, 11) is 0. The van der Waals surface area contributed by atoms with E-state index in [1.54, 1.807) is 18.2 Å². The zero-order chi connectivity index (χ0) is 11.6. The van der Waals surface area contributed by atoms with Crippen molar-refractivity contribution in [2.75, 3.05) is 5.73 Å². The highest BCUT2D eigenvalue weighted by Crippen LogP contribution is 2.19. The third kappa shape index (κ3) is 3.44. The van der Waals surface area contributed by atoms with E-state index in [1.807, 2.05) is 20.8 Å². The predicted octanol–water partition coefficient (Wildman–Crippen LogP) is 2.45. The average Bonchev–Trinajstić information content (AvgIpc) is 1.99. The Labute approximate surface area is 94.6 Å². The van der Waals surface area contributed by atoms with Crippen LogP contribution in [-0.2, 0) is 0 Å². The molecule has 4 heteroatoms. The maximum atomic E-state index is 11.8. The van der Waals surface area contributed by atoms with E-state index < -0.39 is 0 Å².